The first-order chi connectivity index (χ1) is 17.7. The number of carbonyl (C=O) groups excluding carboxylic acids is 1. The SMILES string of the molecule is Cc1ccc(C)c(N(CC(=O)N/N=C\c2c(Cl)nn(-c3ccccc3)c2C)S(=O)(=O)c2ccccc2)c1. The van der Waals surface area contributed by atoms with Crippen LogP contribution in [0.3, 0.4) is 0 Å². The minimum atomic E-state index is -4.02. The number of para-hydroxylation sites is 1. The monoisotopic (exact) mass is 535 g/mol. The van der Waals surface area contributed by atoms with Crippen LogP contribution in [0.1, 0.15) is 22.4 Å². The van der Waals surface area contributed by atoms with Gasteiger partial charge in [-0.15, -0.1) is 0 Å². The van der Waals surface area contributed by atoms with Crippen molar-refractivity contribution in [2.45, 2.75) is 25.7 Å². The molecule has 4 rings (SSSR count). The molecule has 8 nitrogen and oxygen atoms in total. The topological polar surface area (TPSA) is 96.7 Å². The fourth-order valence-electron chi connectivity index (χ4n) is 3.79. The van der Waals surface area contributed by atoms with Crippen LogP contribution in [-0.4, -0.2) is 36.9 Å². The molecule has 4 aromatic rings. The van der Waals surface area contributed by atoms with Crippen LogP contribution in [0.25, 0.3) is 5.69 Å². The van der Waals surface area contributed by atoms with Crippen molar-refractivity contribution < 1.29 is 13.2 Å². The Balaban J connectivity index is 1.58. The Morgan fingerprint density at radius 2 is 1.68 bits per heavy atom. The van der Waals surface area contributed by atoms with Gasteiger partial charge in [-0.2, -0.15) is 10.2 Å². The van der Waals surface area contributed by atoms with Crippen LogP contribution >= 0.6 is 11.6 Å². The predicted octanol–water partition coefficient (Wildman–Crippen LogP) is 4.80. The lowest BCUT2D eigenvalue weighted by atomic mass is 10.1. The highest BCUT2D eigenvalue weighted by atomic mass is 35.5. The number of hydrogen-bond donors (Lipinski definition) is 1. The summed E-state index contributed by atoms with van der Waals surface area (Å²) in [5.41, 5.74) is 6.54. The van der Waals surface area contributed by atoms with Gasteiger partial charge in [0.25, 0.3) is 15.9 Å². The Labute approximate surface area is 221 Å². The van der Waals surface area contributed by atoms with E-state index in [4.69, 9.17) is 11.6 Å². The summed E-state index contributed by atoms with van der Waals surface area (Å²) in [4.78, 5) is 13.0. The number of rotatable bonds is 8. The van der Waals surface area contributed by atoms with Gasteiger partial charge >= 0.3 is 0 Å². The van der Waals surface area contributed by atoms with Crippen molar-refractivity contribution in [3.63, 3.8) is 0 Å². The third-order valence-corrected chi connectivity index (χ3v) is 7.81. The van der Waals surface area contributed by atoms with E-state index in [1.54, 1.807) is 35.9 Å². The normalized spacial score (nSPS) is 11.6. The quantitative estimate of drug-likeness (QED) is 0.259. The number of anilines is 1. The van der Waals surface area contributed by atoms with E-state index in [-0.39, 0.29) is 10.0 Å². The minimum Gasteiger partial charge on any atom is -0.271 e. The Bertz CT molecular complexity index is 1550. The van der Waals surface area contributed by atoms with E-state index < -0.39 is 22.5 Å². The molecule has 0 atom stereocenters. The van der Waals surface area contributed by atoms with E-state index in [0.29, 0.717) is 11.3 Å². The van der Waals surface area contributed by atoms with Gasteiger partial charge in [-0.3, -0.25) is 9.10 Å². The number of sulfonamides is 1. The zero-order valence-corrected chi connectivity index (χ0v) is 22.2. The molecule has 0 saturated heterocycles. The lowest BCUT2D eigenvalue weighted by Gasteiger charge is -2.25. The Morgan fingerprint density at radius 3 is 2.35 bits per heavy atom. The second-order valence-electron chi connectivity index (χ2n) is 8.45. The molecular formula is C27H26ClN5O3S. The Hall–Kier alpha value is -3.95. The smallest absolute Gasteiger partial charge is 0.264 e. The van der Waals surface area contributed by atoms with Crippen LogP contribution in [0, 0.1) is 20.8 Å². The van der Waals surface area contributed by atoms with Gasteiger partial charge in [0, 0.05) is 0 Å². The summed E-state index contributed by atoms with van der Waals surface area (Å²) in [7, 11) is -4.02. The van der Waals surface area contributed by atoms with Crippen LogP contribution in [0.5, 0.6) is 0 Å². The summed E-state index contributed by atoms with van der Waals surface area (Å²) >= 11 is 6.32. The van der Waals surface area contributed by atoms with Crippen LogP contribution in [0.2, 0.25) is 5.15 Å². The van der Waals surface area contributed by atoms with Gasteiger partial charge in [0.1, 0.15) is 6.54 Å². The van der Waals surface area contributed by atoms with Crippen molar-refractivity contribution in [3.8, 4) is 5.69 Å². The van der Waals surface area contributed by atoms with Crippen molar-refractivity contribution in [2.75, 3.05) is 10.8 Å². The number of benzene rings is 3. The number of nitrogens with zero attached hydrogens (tertiary/aromatic N) is 4. The third kappa shape index (κ3) is 5.73. The molecule has 1 heterocycles. The highest BCUT2D eigenvalue weighted by Crippen LogP contribution is 2.28. The van der Waals surface area contributed by atoms with Gasteiger partial charge in [0.2, 0.25) is 0 Å². The number of hydrazone groups is 1. The van der Waals surface area contributed by atoms with E-state index in [9.17, 15) is 13.2 Å². The molecule has 0 spiro atoms. The average molecular weight is 536 g/mol. The summed E-state index contributed by atoms with van der Waals surface area (Å²) < 4.78 is 29.8. The van der Waals surface area contributed by atoms with Crippen molar-refractivity contribution >= 4 is 39.4 Å². The molecule has 0 aliphatic rings. The Morgan fingerprint density at radius 1 is 1.03 bits per heavy atom. The number of nitrogens with one attached hydrogen (secondary N) is 1. The van der Waals surface area contributed by atoms with E-state index in [1.165, 1.54) is 18.3 Å². The van der Waals surface area contributed by atoms with E-state index in [0.717, 1.165) is 26.8 Å². The maximum atomic E-state index is 13.5. The lowest BCUT2D eigenvalue weighted by molar-refractivity contribution is -0.119. The van der Waals surface area contributed by atoms with Crippen molar-refractivity contribution in [3.05, 3.63) is 106 Å². The summed E-state index contributed by atoms with van der Waals surface area (Å²) in [6.07, 6.45) is 1.40. The summed E-state index contributed by atoms with van der Waals surface area (Å²) in [5, 5.41) is 8.59. The minimum absolute atomic E-state index is 0.0861. The molecule has 0 aliphatic heterocycles. The number of halogens is 1. The van der Waals surface area contributed by atoms with E-state index in [1.807, 2.05) is 56.3 Å². The van der Waals surface area contributed by atoms with Gasteiger partial charge in [0.05, 0.1) is 33.7 Å². The molecule has 37 heavy (non-hydrogen) atoms. The molecule has 0 fully saturated rings. The molecule has 190 valence electrons. The van der Waals surface area contributed by atoms with Crippen LogP contribution in [0.15, 0.2) is 88.9 Å². The zero-order valence-electron chi connectivity index (χ0n) is 20.6. The summed E-state index contributed by atoms with van der Waals surface area (Å²) in [6.45, 7) is 5.04. The van der Waals surface area contributed by atoms with Crippen LogP contribution in [0.4, 0.5) is 5.69 Å². The molecule has 0 aliphatic carbocycles. The fraction of sp³-hybridized carbons (Fsp3) is 0.148. The highest BCUT2D eigenvalue weighted by Gasteiger charge is 2.28. The molecule has 1 aromatic heterocycles. The summed E-state index contributed by atoms with van der Waals surface area (Å²) in [5.74, 6) is -0.610. The van der Waals surface area contributed by atoms with Crippen molar-refractivity contribution in [2.24, 2.45) is 5.10 Å². The second-order valence-corrected chi connectivity index (χ2v) is 10.7. The Kier molecular flexibility index (Phi) is 7.75. The molecule has 0 bridgehead atoms. The van der Waals surface area contributed by atoms with Gasteiger partial charge in [-0.25, -0.2) is 18.5 Å². The molecule has 0 radical (unpaired) electrons. The van der Waals surface area contributed by atoms with E-state index >= 15 is 0 Å². The van der Waals surface area contributed by atoms with Gasteiger partial charge in [0.15, 0.2) is 5.15 Å². The van der Waals surface area contributed by atoms with Crippen LogP contribution < -0.4 is 9.73 Å². The molecule has 0 saturated carbocycles. The predicted molar refractivity (Wildman–Crippen MR) is 146 cm³/mol. The number of carbonyl (C=O) groups is 1. The van der Waals surface area contributed by atoms with E-state index in [2.05, 4.69) is 15.6 Å². The number of amides is 1. The molecule has 3 aromatic carbocycles. The molecule has 1 N–H and O–H groups in total. The first-order valence-corrected chi connectivity index (χ1v) is 13.3. The number of aryl methyl sites for hydroxylation is 2. The molecule has 0 unspecified atom stereocenters. The van der Waals surface area contributed by atoms with Gasteiger partial charge in [-0.1, -0.05) is 60.1 Å². The van der Waals surface area contributed by atoms with Crippen molar-refractivity contribution in [1.29, 1.82) is 0 Å². The largest absolute Gasteiger partial charge is 0.271 e. The number of aromatic nitrogens is 2. The average Bonchev–Trinajstić information content (AvgIpc) is 3.18. The van der Waals surface area contributed by atoms with Gasteiger partial charge < -0.3 is 0 Å². The highest BCUT2D eigenvalue weighted by molar-refractivity contribution is 7.92. The molecular weight excluding hydrogens is 510 g/mol. The molecule has 10 heteroatoms. The fourth-order valence-corrected chi connectivity index (χ4v) is 5.55. The zero-order chi connectivity index (χ0) is 26.6. The standard InChI is InChI=1S/C27H26ClN5O3S/c1-19-14-15-20(2)25(16-19)32(37(35,36)23-12-8-5-9-13-23)18-26(34)30-29-17-24-21(3)33(31-27(24)28)22-10-6-4-7-11-22/h4-17H,18H2,1-3H3,(H,30,34)/b29-17-. The maximum Gasteiger partial charge on any atom is 0.264 e. The number of hydrogen-bond acceptors (Lipinski definition) is 5. The van der Waals surface area contributed by atoms with Crippen molar-refractivity contribution in [1.82, 2.24) is 15.2 Å². The van der Waals surface area contributed by atoms with Crippen LogP contribution in [-0.2, 0) is 14.8 Å². The first-order valence-electron chi connectivity index (χ1n) is 11.5. The van der Waals surface area contributed by atoms with Gasteiger partial charge in [-0.05, 0) is 62.2 Å². The summed E-state index contributed by atoms with van der Waals surface area (Å²) in [6, 6.07) is 22.9. The molecule has 1 amide bonds. The lowest BCUT2D eigenvalue weighted by Crippen LogP contribution is -2.40. The maximum absolute atomic E-state index is 13.5. The second kappa shape index (κ2) is 11.0. The first kappa shape index (κ1) is 26.1. The third-order valence-electron chi connectivity index (χ3n) is 5.75.